The maximum atomic E-state index is 12.2. The van der Waals surface area contributed by atoms with Gasteiger partial charge < -0.3 is 9.84 Å². The summed E-state index contributed by atoms with van der Waals surface area (Å²) in [6, 6.07) is 4.37. The number of Topliss-reactive ketones (excluding diaryl/α,β-unsaturated/α-hetero) is 1. The van der Waals surface area contributed by atoms with Gasteiger partial charge in [-0.15, -0.1) is 0 Å². The molecule has 1 unspecified atom stereocenters. The normalized spacial score (nSPS) is 14.6. The van der Waals surface area contributed by atoms with Gasteiger partial charge in [0, 0.05) is 36.9 Å². The largest absolute Gasteiger partial charge is 0.481 e. The first-order chi connectivity index (χ1) is 14.0. The summed E-state index contributed by atoms with van der Waals surface area (Å²) in [6.45, 7) is 5.16. The third kappa shape index (κ3) is 7.88. The van der Waals surface area contributed by atoms with Crippen LogP contribution in [0.25, 0.3) is 0 Å². The third-order valence-corrected chi connectivity index (χ3v) is 6.04. The molecule has 1 aromatic heterocycles. The van der Waals surface area contributed by atoms with Gasteiger partial charge in [-0.25, -0.2) is 0 Å². The summed E-state index contributed by atoms with van der Waals surface area (Å²) in [6.07, 6.45) is 9.48. The number of rotatable bonds is 14. The molecule has 0 aromatic carbocycles. The van der Waals surface area contributed by atoms with Crippen molar-refractivity contribution in [1.82, 2.24) is 4.98 Å². The number of ketones is 1. The van der Waals surface area contributed by atoms with Crippen LogP contribution in [0.2, 0.25) is 0 Å². The number of carboxylic acid groups (broad SMARTS) is 1. The molecular weight excluding hydrogens is 366 g/mol. The fourth-order valence-electron chi connectivity index (χ4n) is 4.12. The molecule has 1 atom stereocenters. The molecule has 0 fully saturated rings. The lowest BCUT2D eigenvalue weighted by Crippen LogP contribution is -2.22. The Labute approximate surface area is 175 Å². The van der Waals surface area contributed by atoms with Crippen molar-refractivity contribution in [3.05, 3.63) is 29.1 Å². The number of aryl methyl sites for hydroxylation is 3. The van der Waals surface area contributed by atoms with Gasteiger partial charge >= 0.3 is 5.97 Å². The lowest BCUT2D eigenvalue weighted by molar-refractivity contribution is -0.144. The zero-order valence-corrected chi connectivity index (χ0v) is 18.1. The number of carbonyl (C=O) groups is 2. The monoisotopic (exact) mass is 403 g/mol. The Hall–Kier alpha value is -1.75. The van der Waals surface area contributed by atoms with Gasteiger partial charge in [0.25, 0.3) is 0 Å². The van der Waals surface area contributed by atoms with Crippen molar-refractivity contribution < 1.29 is 19.4 Å². The minimum Gasteiger partial charge on any atom is -0.481 e. The lowest BCUT2D eigenvalue weighted by atomic mass is 9.89. The number of hydrogen-bond acceptors (Lipinski definition) is 4. The van der Waals surface area contributed by atoms with Crippen molar-refractivity contribution in [2.24, 2.45) is 11.8 Å². The summed E-state index contributed by atoms with van der Waals surface area (Å²) >= 11 is 0. The van der Waals surface area contributed by atoms with Gasteiger partial charge in [0.1, 0.15) is 5.78 Å². The van der Waals surface area contributed by atoms with Gasteiger partial charge in [-0.3, -0.25) is 14.6 Å². The molecule has 5 nitrogen and oxygen atoms in total. The summed E-state index contributed by atoms with van der Waals surface area (Å²) in [5.74, 6) is -1.39. The zero-order chi connectivity index (χ0) is 21.1. The highest BCUT2D eigenvalue weighted by Crippen LogP contribution is 2.20. The van der Waals surface area contributed by atoms with E-state index in [4.69, 9.17) is 9.72 Å². The molecule has 0 saturated carbocycles. The van der Waals surface area contributed by atoms with E-state index in [-0.39, 0.29) is 18.1 Å². The van der Waals surface area contributed by atoms with Crippen molar-refractivity contribution in [2.75, 3.05) is 13.2 Å². The number of fused-ring (bicyclic) bond motifs is 1. The Bertz CT molecular complexity index is 654. The Morgan fingerprint density at radius 2 is 1.79 bits per heavy atom. The molecule has 0 aliphatic heterocycles. The quantitative estimate of drug-likeness (QED) is 0.452. The molecule has 0 spiro atoms. The van der Waals surface area contributed by atoms with E-state index >= 15 is 0 Å². The average molecular weight is 404 g/mol. The van der Waals surface area contributed by atoms with Crippen LogP contribution in [0.4, 0.5) is 0 Å². The van der Waals surface area contributed by atoms with E-state index in [1.807, 2.05) is 13.8 Å². The van der Waals surface area contributed by atoms with E-state index in [0.29, 0.717) is 26.1 Å². The van der Waals surface area contributed by atoms with E-state index in [9.17, 15) is 14.7 Å². The zero-order valence-electron chi connectivity index (χ0n) is 18.1. The SMILES string of the molecule is CCC(CC)C(=O)CC(CCCOCCCc1ccc2c(n1)CCCC2)C(=O)O. The predicted molar refractivity (Wildman–Crippen MR) is 114 cm³/mol. The minimum atomic E-state index is -0.872. The van der Waals surface area contributed by atoms with Crippen molar-refractivity contribution in [3.8, 4) is 0 Å². The molecule has 0 amide bonds. The first-order valence-electron chi connectivity index (χ1n) is 11.4. The molecule has 1 N–H and O–H groups in total. The molecule has 162 valence electrons. The maximum absolute atomic E-state index is 12.2. The van der Waals surface area contributed by atoms with Crippen LogP contribution in [0.5, 0.6) is 0 Å². The van der Waals surface area contributed by atoms with E-state index in [2.05, 4.69) is 12.1 Å². The number of carboxylic acids is 1. The number of hydrogen-bond donors (Lipinski definition) is 1. The van der Waals surface area contributed by atoms with Gasteiger partial charge in [0.05, 0.1) is 5.92 Å². The Kier molecular flexibility index (Phi) is 10.3. The van der Waals surface area contributed by atoms with Crippen LogP contribution in [0, 0.1) is 11.8 Å². The average Bonchev–Trinajstić information content (AvgIpc) is 2.72. The summed E-state index contributed by atoms with van der Waals surface area (Å²) < 4.78 is 5.69. The highest BCUT2D eigenvalue weighted by atomic mass is 16.5. The third-order valence-electron chi connectivity index (χ3n) is 6.04. The number of pyridine rings is 1. The first kappa shape index (κ1) is 23.5. The molecule has 0 radical (unpaired) electrons. The van der Waals surface area contributed by atoms with Crippen LogP contribution in [0.15, 0.2) is 12.1 Å². The molecular formula is C24H37NO4. The van der Waals surface area contributed by atoms with Crippen molar-refractivity contribution in [2.45, 2.75) is 84.5 Å². The predicted octanol–water partition coefficient (Wildman–Crippen LogP) is 4.79. The number of aliphatic carboxylic acids is 1. The molecule has 1 aliphatic carbocycles. The Morgan fingerprint density at radius 3 is 2.52 bits per heavy atom. The summed E-state index contributed by atoms with van der Waals surface area (Å²) in [5, 5.41) is 9.40. The molecule has 1 heterocycles. The number of ether oxygens (including phenoxy) is 1. The van der Waals surface area contributed by atoms with Gasteiger partial charge in [0.2, 0.25) is 0 Å². The maximum Gasteiger partial charge on any atom is 0.306 e. The van der Waals surface area contributed by atoms with Crippen molar-refractivity contribution in [1.29, 1.82) is 0 Å². The molecule has 0 bridgehead atoms. The Balaban J connectivity index is 1.61. The highest BCUT2D eigenvalue weighted by molar-refractivity contribution is 5.85. The first-order valence-corrected chi connectivity index (χ1v) is 11.4. The molecule has 1 aliphatic rings. The van der Waals surface area contributed by atoms with E-state index < -0.39 is 11.9 Å². The molecule has 29 heavy (non-hydrogen) atoms. The number of nitrogens with zero attached hydrogens (tertiary/aromatic N) is 1. The lowest BCUT2D eigenvalue weighted by Gasteiger charge is -2.16. The summed E-state index contributed by atoms with van der Waals surface area (Å²) in [7, 11) is 0. The standard InChI is InChI=1S/C24H37NO4/c1-3-18(4-2)23(26)17-20(24(27)28)10-7-15-29-16-8-11-21-14-13-19-9-5-6-12-22(19)25-21/h13-14,18,20H,3-12,15-17H2,1-2H3,(H,27,28). The van der Waals surface area contributed by atoms with Crippen LogP contribution in [-0.4, -0.2) is 35.1 Å². The van der Waals surface area contributed by atoms with Crippen LogP contribution in [-0.2, 0) is 33.6 Å². The number of carbonyl (C=O) groups excluding carboxylic acids is 1. The highest BCUT2D eigenvalue weighted by Gasteiger charge is 2.24. The molecule has 5 heteroatoms. The molecule has 2 rings (SSSR count). The molecule has 1 aromatic rings. The second-order valence-electron chi connectivity index (χ2n) is 8.19. The smallest absolute Gasteiger partial charge is 0.306 e. The van der Waals surface area contributed by atoms with Crippen LogP contribution in [0.3, 0.4) is 0 Å². The van der Waals surface area contributed by atoms with Crippen molar-refractivity contribution in [3.63, 3.8) is 0 Å². The van der Waals surface area contributed by atoms with E-state index in [0.717, 1.165) is 44.2 Å². The van der Waals surface area contributed by atoms with Gasteiger partial charge in [-0.2, -0.15) is 0 Å². The van der Waals surface area contributed by atoms with Crippen molar-refractivity contribution >= 4 is 11.8 Å². The fourth-order valence-corrected chi connectivity index (χ4v) is 4.12. The topological polar surface area (TPSA) is 76.5 Å². The van der Waals surface area contributed by atoms with E-state index in [1.165, 1.54) is 24.1 Å². The Morgan fingerprint density at radius 1 is 1.07 bits per heavy atom. The van der Waals surface area contributed by atoms with Gasteiger partial charge in [0.15, 0.2) is 0 Å². The number of aromatic nitrogens is 1. The van der Waals surface area contributed by atoms with Gasteiger partial charge in [-0.1, -0.05) is 19.9 Å². The fraction of sp³-hybridized carbons (Fsp3) is 0.708. The summed E-state index contributed by atoms with van der Waals surface area (Å²) in [4.78, 5) is 28.5. The second kappa shape index (κ2) is 12.7. The minimum absolute atomic E-state index is 0.00898. The second-order valence-corrected chi connectivity index (χ2v) is 8.19. The van der Waals surface area contributed by atoms with Crippen LogP contribution >= 0.6 is 0 Å². The summed E-state index contributed by atoms with van der Waals surface area (Å²) in [5.41, 5.74) is 3.82. The van der Waals surface area contributed by atoms with E-state index in [1.54, 1.807) is 0 Å². The van der Waals surface area contributed by atoms with Gasteiger partial charge in [-0.05, 0) is 75.8 Å². The van der Waals surface area contributed by atoms with Crippen LogP contribution < -0.4 is 0 Å². The molecule has 0 saturated heterocycles. The van der Waals surface area contributed by atoms with Crippen LogP contribution in [0.1, 0.15) is 82.2 Å².